The van der Waals surface area contributed by atoms with Crippen molar-refractivity contribution in [3.8, 4) is 11.1 Å². The number of rotatable bonds is 8. The Morgan fingerprint density at radius 2 is 1.71 bits per heavy atom. The Hall–Kier alpha value is -2.10. The number of halogens is 3. The van der Waals surface area contributed by atoms with Crippen molar-refractivity contribution in [2.75, 3.05) is 0 Å². The summed E-state index contributed by atoms with van der Waals surface area (Å²) < 4.78 is 41.2. The quantitative estimate of drug-likeness (QED) is 0.472. The number of nitrogens with zero attached hydrogens (tertiary/aromatic N) is 1. The third-order valence-electron chi connectivity index (χ3n) is 5.36. The smallest absolute Gasteiger partial charge is 0.550 e. The zero-order valence-corrected chi connectivity index (χ0v) is 21.2. The van der Waals surface area contributed by atoms with E-state index >= 15 is 0 Å². The molecule has 3 aromatic rings. The van der Waals surface area contributed by atoms with E-state index in [2.05, 4.69) is 0 Å². The van der Waals surface area contributed by atoms with Crippen LogP contribution in [0.1, 0.15) is 44.0 Å². The number of fused-ring (bicyclic) bond motifs is 1. The standard InChI is InChI=1S/C25H26F3NO4.Na/c1-15(2)29-21-6-4-3-5-20(21)24(16-7-9-17(10-8-16)25(26,27)28)22(29)12-11-18(30)13-19(31)14-23(32)33;/h3-12,15,18-19,30-31H,13-14H2,1-2H3,(H,32,33);/q;+1/p-1/b12-11+;/t18-,19-;/m1./s1. The first-order valence-corrected chi connectivity index (χ1v) is 10.5. The summed E-state index contributed by atoms with van der Waals surface area (Å²) >= 11 is 0. The topological polar surface area (TPSA) is 85.5 Å². The van der Waals surface area contributed by atoms with Gasteiger partial charge >= 0.3 is 35.7 Å². The number of aliphatic hydroxyl groups is 2. The summed E-state index contributed by atoms with van der Waals surface area (Å²) in [5, 5.41) is 31.5. The molecule has 0 saturated carbocycles. The fourth-order valence-corrected chi connectivity index (χ4v) is 3.97. The molecule has 2 atom stereocenters. The Labute approximate surface area is 217 Å². The summed E-state index contributed by atoms with van der Waals surface area (Å²) in [5.74, 6) is -1.41. The number of carboxylic acid groups (broad SMARTS) is 1. The Bertz CT molecular complexity index is 1150. The summed E-state index contributed by atoms with van der Waals surface area (Å²) in [7, 11) is 0. The number of aliphatic carboxylic acids is 1. The van der Waals surface area contributed by atoms with Crippen molar-refractivity contribution in [3.63, 3.8) is 0 Å². The van der Waals surface area contributed by atoms with Gasteiger partial charge in [0.15, 0.2) is 0 Å². The molecule has 0 fully saturated rings. The number of aliphatic hydroxyl groups excluding tert-OH is 2. The van der Waals surface area contributed by atoms with Crippen molar-refractivity contribution >= 4 is 22.9 Å². The maximum atomic E-state index is 13.1. The van der Waals surface area contributed by atoms with Crippen molar-refractivity contribution in [2.24, 2.45) is 0 Å². The van der Waals surface area contributed by atoms with Gasteiger partial charge in [-0.05, 0) is 43.7 Å². The molecule has 0 saturated heterocycles. The molecule has 1 aromatic heterocycles. The maximum Gasteiger partial charge on any atom is 1.00 e. The van der Waals surface area contributed by atoms with E-state index in [9.17, 15) is 33.3 Å². The van der Waals surface area contributed by atoms with Gasteiger partial charge in [-0.2, -0.15) is 13.2 Å². The maximum absolute atomic E-state index is 13.1. The molecule has 0 spiro atoms. The minimum Gasteiger partial charge on any atom is -0.550 e. The molecule has 0 aliphatic rings. The first-order valence-electron chi connectivity index (χ1n) is 10.5. The van der Waals surface area contributed by atoms with E-state index in [1.54, 1.807) is 6.08 Å². The SMILES string of the molecule is CC(C)n1c(/C=C/[C@@H](O)C[C@@H](O)CC(=O)[O-])c(-c2ccc(C(F)(F)F)cc2)c2ccccc21.[Na+]. The molecule has 2 aromatic carbocycles. The number of hydrogen-bond acceptors (Lipinski definition) is 4. The summed E-state index contributed by atoms with van der Waals surface area (Å²) in [6.45, 7) is 3.95. The van der Waals surface area contributed by atoms with E-state index < -0.39 is 36.3 Å². The van der Waals surface area contributed by atoms with Crippen LogP contribution in [0.2, 0.25) is 0 Å². The normalized spacial score (nSPS) is 13.9. The number of aromatic nitrogens is 1. The van der Waals surface area contributed by atoms with Crippen LogP contribution in [0.15, 0.2) is 54.6 Å². The van der Waals surface area contributed by atoms with Gasteiger partial charge in [-0.25, -0.2) is 0 Å². The van der Waals surface area contributed by atoms with Crippen LogP contribution in [0, 0.1) is 0 Å². The molecule has 1 heterocycles. The van der Waals surface area contributed by atoms with Gasteiger partial charge in [-0.3, -0.25) is 0 Å². The second-order valence-electron chi connectivity index (χ2n) is 8.21. The van der Waals surface area contributed by atoms with Crippen LogP contribution in [0.3, 0.4) is 0 Å². The molecule has 3 rings (SSSR count). The molecule has 5 nitrogen and oxygen atoms in total. The van der Waals surface area contributed by atoms with Crippen LogP contribution in [0.4, 0.5) is 13.2 Å². The van der Waals surface area contributed by atoms with Gasteiger partial charge in [-0.15, -0.1) is 0 Å². The summed E-state index contributed by atoms with van der Waals surface area (Å²) in [6.07, 6.45) is -4.51. The van der Waals surface area contributed by atoms with Crippen LogP contribution < -0.4 is 34.7 Å². The van der Waals surface area contributed by atoms with E-state index in [1.807, 2.05) is 42.7 Å². The number of hydrogen-bond donors (Lipinski definition) is 2. The molecular formula is C25H25F3NNaO4. The molecule has 0 aliphatic carbocycles. The minimum absolute atomic E-state index is 0. The van der Waals surface area contributed by atoms with Gasteiger partial charge in [0.25, 0.3) is 0 Å². The van der Waals surface area contributed by atoms with Gasteiger partial charge in [-0.1, -0.05) is 36.4 Å². The minimum atomic E-state index is -4.44. The fourth-order valence-electron chi connectivity index (χ4n) is 3.97. The molecule has 0 amide bonds. The van der Waals surface area contributed by atoms with Gasteiger partial charge in [0, 0.05) is 47.0 Å². The molecule has 34 heavy (non-hydrogen) atoms. The van der Waals surface area contributed by atoms with Crippen LogP contribution >= 0.6 is 0 Å². The molecule has 0 bridgehead atoms. The zero-order valence-electron chi connectivity index (χ0n) is 19.2. The number of carbonyl (C=O) groups is 1. The monoisotopic (exact) mass is 483 g/mol. The third-order valence-corrected chi connectivity index (χ3v) is 5.36. The summed E-state index contributed by atoms with van der Waals surface area (Å²) in [5.41, 5.74) is 2.12. The average Bonchev–Trinajstić information content (AvgIpc) is 3.05. The summed E-state index contributed by atoms with van der Waals surface area (Å²) in [4.78, 5) is 10.6. The second kappa shape index (κ2) is 11.6. The van der Waals surface area contributed by atoms with Crippen molar-refractivity contribution in [1.29, 1.82) is 0 Å². The van der Waals surface area contributed by atoms with E-state index in [0.717, 1.165) is 23.0 Å². The van der Waals surface area contributed by atoms with Crippen molar-refractivity contribution < 1.29 is 62.8 Å². The van der Waals surface area contributed by atoms with E-state index in [1.165, 1.54) is 18.2 Å². The van der Waals surface area contributed by atoms with E-state index in [0.29, 0.717) is 16.8 Å². The van der Waals surface area contributed by atoms with E-state index in [-0.39, 0.29) is 42.0 Å². The predicted molar refractivity (Wildman–Crippen MR) is 118 cm³/mol. The first-order chi connectivity index (χ1) is 15.5. The second-order valence-corrected chi connectivity index (χ2v) is 8.21. The van der Waals surface area contributed by atoms with Crippen molar-refractivity contribution in [3.05, 3.63) is 65.9 Å². The number of carboxylic acids is 1. The number of carbonyl (C=O) groups excluding carboxylic acids is 1. The number of para-hydroxylation sites is 1. The third kappa shape index (κ3) is 6.52. The summed E-state index contributed by atoms with van der Waals surface area (Å²) in [6, 6.07) is 12.4. The molecule has 9 heteroatoms. The van der Waals surface area contributed by atoms with Crippen LogP contribution in [0.25, 0.3) is 28.1 Å². The largest absolute Gasteiger partial charge is 1.00 e. The molecule has 0 aliphatic heterocycles. The number of alkyl halides is 3. The van der Waals surface area contributed by atoms with Crippen molar-refractivity contribution in [2.45, 2.75) is 51.1 Å². The van der Waals surface area contributed by atoms with Crippen LogP contribution in [-0.4, -0.2) is 33.0 Å². The molecule has 0 radical (unpaired) electrons. The molecule has 0 unspecified atom stereocenters. The van der Waals surface area contributed by atoms with Gasteiger partial charge in [0.2, 0.25) is 0 Å². The number of benzene rings is 2. The van der Waals surface area contributed by atoms with Crippen LogP contribution in [-0.2, 0) is 11.0 Å². The first kappa shape index (κ1) is 28.1. The fraction of sp³-hybridized carbons (Fsp3) is 0.320. The van der Waals surface area contributed by atoms with E-state index in [4.69, 9.17) is 0 Å². The van der Waals surface area contributed by atoms with Gasteiger partial charge in [0.05, 0.1) is 17.8 Å². The van der Waals surface area contributed by atoms with Crippen molar-refractivity contribution in [1.82, 2.24) is 4.57 Å². The average molecular weight is 483 g/mol. The van der Waals surface area contributed by atoms with Crippen LogP contribution in [0.5, 0.6) is 0 Å². The molecular weight excluding hydrogens is 458 g/mol. The molecule has 176 valence electrons. The Morgan fingerprint density at radius 3 is 2.26 bits per heavy atom. The van der Waals surface area contributed by atoms with Gasteiger partial charge in [0.1, 0.15) is 0 Å². The Morgan fingerprint density at radius 1 is 1.09 bits per heavy atom. The Balaban J connectivity index is 0.00000408. The van der Waals surface area contributed by atoms with Gasteiger partial charge < -0.3 is 24.7 Å². The zero-order chi connectivity index (χ0) is 24.3. The Kier molecular flexibility index (Phi) is 9.56. The molecule has 2 N–H and O–H groups in total. The predicted octanol–water partition coefficient (Wildman–Crippen LogP) is 1.18.